The summed E-state index contributed by atoms with van der Waals surface area (Å²) in [5, 5.41) is 3.49. The lowest BCUT2D eigenvalue weighted by molar-refractivity contribution is 0.0266. The van der Waals surface area contributed by atoms with Crippen molar-refractivity contribution in [1.29, 1.82) is 0 Å². The molecule has 2 aliphatic heterocycles. The first-order valence-corrected chi connectivity index (χ1v) is 10.0. The average molecular weight is 466 g/mol. The van der Waals surface area contributed by atoms with E-state index in [-0.39, 0.29) is 24.0 Å². The lowest BCUT2D eigenvalue weighted by Gasteiger charge is -2.26. The molecule has 0 radical (unpaired) electrons. The molecule has 0 spiro atoms. The number of aliphatic imine (C=N–C) groups is 1. The fourth-order valence-corrected chi connectivity index (χ4v) is 3.89. The largest absolute Gasteiger partial charge is 0.378 e. The number of ether oxygens (including phenoxy) is 1. The molecule has 2 rings (SSSR count). The third-order valence-corrected chi connectivity index (χ3v) is 5.25. The maximum Gasteiger partial charge on any atom is 0.193 e. The molecule has 0 aliphatic carbocycles. The molecule has 1 N–H and O–H groups in total. The first-order chi connectivity index (χ1) is 11.7. The number of likely N-dealkylation sites (tertiary alicyclic amines) is 2. The van der Waals surface area contributed by atoms with Crippen LogP contribution < -0.4 is 5.32 Å². The molecular weight excluding hydrogens is 427 g/mol. The van der Waals surface area contributed by atoms with Crippen LogP contribution >= 0.6 is 24.0 Å². The van der Waals surface area contributed by atoms with Gasteiger partial charge in [-0.1, -0.05) is 13.8 Å². The zero-order chi connectivity index (χ0) is 17.4. The molecule has 2 atom stereocenters. The highest BCUT2D eigenvalue weighted by Crippen LogP contribution is 2.20. The van der Waals surface area contributed by atoms with Crippen molar-refractivity contribution < 1.29 is 4.74 Å². The first-order valence-electron chi connectivity index (χ1n) is 10.0. The molecule has 2 fully saturated rings. The third kappa shape index (κ3) is 7.21. The van der Waals surface area contributed by atoms with Gasteiger partial charge in [0.15, 0.2) is 5.96 Å². The van der Waals surface area contributed by atoms with Crippen LogP contribution in [0.5, 0.6) is 0 Å². The van der Waals surface area contributed by atoms with E-state index in [1.807, 2.05) is 0 Å². The molecule has 2 aliphatic rings. The van der Waals surface area contributed by atoms with Gasteiger partial charge in [-0.05, 0) is 58.5 Å². The summed E-state index contributed by atoms with van der Waals surface area (Å²) < 4.78 is 5.85. The van der Waals surface area contributed by atoms with E-state index in [0.717, 1.165) is 51.2 Å². The number of guanidine groups is 1. The Balaban J connectivity index is 0.00000312. The summed E-state index contributed by atoms with van der Waals surface area (Å²) in [6, 6.07) is 0.725. The van der Waals surface area contributed by atoms with Crippen LogP contribution in [-0.4, -0.2) is 73.8 Å². The van der Waals surface area contributed by atoms with Crippen LogP contribution in [0.4, 0.5) is 0 Å². The minimum atomic E-state index is 0. The normalized spacial score (nSPS) is 23.2. The van der Waals surface area contributed by atoms with Gasteiger partial charge in [0.2, 0.25) is 0 Å². The molecule has 6 heteroatoms. The number of rotatable bonds is 8. The Bertz CT molecular complexity index is 386. The van der Waals surface area contributed by atoms with E-state index in [0.29, 0.717) is 12.0 Å². The lowest BCUT2D eigenvalue weighted by Crippen LogP contribution is -2.42. The van der Waals surface area contributed by atoms with Gasteiger partial charge < -0.3 is 15.0 Å². The summed E-state index contributed by atoms with van der Waals surface area (Å²) in [5.74, 6) is 1.65. The Morgan fingerprint density at radius 3 is 2.52 bits per heavy atom. The van der Waals surface area contributed by atoms with Crippen LogP contribution in [0.25, 0.3) is 0 Å². The van der Waals surface area contributed by atoms with Gasteiger partial charge in [-0.3, -0.25) is 9.89 Å². The van der Waals surface area contributed by atoms with Gasteiger partial charge in [0, 0.05) is 38.8 Å². The molecule has 25 heavy (non-hydrogen) atoms. The predicted molar refractivity (Wildman–Crippen MR) is 117 cm³/mol. The van der Waals surface area contributed by atoms with Crippen LogP contribution in [0.1, 0.15) is 53.4 Å². The highest BCUT2D eigenvalue weighted by atomic mass is 127. The van der Waals surface area contributed by atoms with Crippen LogP contribution in [0.15, 0.2) is 4.99 Å². The number of halogens is 1. The summed E-state index contributed by atoms with van der Waals surface area (Å²) in [4.78, 5) is 10.0. The second-order valence-corrected chi connectivity index (χ2v) is 7.39. The van der Waals surface area contributed by atoms with E-state index in [1.165, 1.54) is 32.4 Å². The zero-order valence-corrected chi connectivity index (χ0v) is 19.0. The minimum absolute atomic E-state index is 0. The van der Waals surface area contributed by atoms with E-state index >= 15 is 0 Å². The highest BCUT2D eigenvalue weighted by molar-refractivity contribution is 14.0. The second-order valence-electron chi connectivity index (χ2n) is 7.39. The van der Waals surface area contributed by atoms with Crippen molar-refractivity contribution in [2.24, 2.45) is 10.9 Å². The molecular formula is C19H39IN4O. The molecule has 0 amide bonds. The van der Waals surface area contributed by atoms with E-state index in [2.05, 4.69) is 42.8 Å². The Morgan fingerprint density at radius 1 is 1.20 bits per heavy atom. The molecule has 2 saturated heterocycles. The van der Waals surface area contributed by atoms with Crippen molar-refractivity contribution in [3.8, 4) is 0 Å². The van der Waals surface area contributed by atoms with Crippen molar-refractivity contribution >= 4 is 29.9 Å². The Labute approximate surface area is 172 Å². The van der Waals surface area contributed by atoms with Crippen molar-refractivity contribution in [2.45, 2.75) is 65.5 Å². The number of nitrogens with zero attached hydrogens (tertiary/aromatic N) is 3. The Morgan fingerprint density at radius 2 is 1.92 bits per heavy atom. The highest BCUT2D eigenvalue weighted by Gasteiger charge is 2.30. The van der Waals surface area contributed by atoms with Gasteiger partial charge in [0.05, 0.1) is 6.10 Å². The second kappa shape index (κ2) is 12.3. The summed E-state index contributed by atoms with van der Waals surface area (Å²) in [5.41, 5.74) is 0. The van der Waals surface area contributed by atoms with Gasteiger partial charge in [0.25, 0.3) is 0 Å². The Hall–Kier alpha value is -0.0800. The van der Waals surface area contributed by atoms with Crippen LogP contribution in [0, 0.1) is 5.92 Å². The number of hydrogen-bond donors (Lipinski definition) is 1. The molecule has 0 bridgehead atoms. The predicted octanol–water partition coefficient (Wildman–Crippen LogP) is 3.19. The van der Waals surface area contributed by atoms with Crippen LogP contribution in [0.3, 0.4) is 0 Å². The van der Waals surface area contributed by atoms with Gasteiger partial charge in [0.1, 0.15) is 0 Å². The summed E-state index contributed by atoms with van der Waals surface area (Å²) >= 11 is 0. The molecule has 0 aromatic heterocycles. The molecule has 2 heterocycles. The quantitative estimate of drug-likeness (QED) is 0.339. The molecule has 148 valence electrons. The lowest BCUT2D eigenvalue weighted by atomic mass is 10.0. The van der Waals surface area contributed by atoms with Crippen molar-refractivity contribution in [1.82, 2.24) is 15.1 Å². The summed E-state index contributed by atoms with van der Waals surface area (Å²) in [6.07, 6.45) is 5.34. The van der Waals surface area contributed by atoms with E-state index in [9.17, 15) is 0 Å². The molecule has 0 saturated carbocycles. The van der Waals surface area contributed by atoms with E-state index in [4.69, 9.17) is 9.73 Å². The summed E-state index contributed by atoms with van der Waals surface area (Å²) in [7, 11) is 0. The maximum atomic E-state index is 5.85. The van der Waals surface area contributed by atoms with Gasteiger partial charge in [-0.25, -0.2) is 0 Å². The molecule has 0 aromatic rings. The average Bonchev–Trinajstić information content (AvgIpc) is 3.23. The first kappa shape index (κ1) is 23.0. The fourth-order valence-electron chi connectivity index (χ4n) is 3.89. The zero-order valence-electron chi connectivity index (χ0n) is 16.7. The van der Waals surface area contributed by atoms with Crippen LogP contribution in [0.2, 0.25) is 0 Å². The summed E-state index contributed by atoms with van der Waals surface area (Å²) in [6.45, 7) is 16.1. The third-order valence-electron chi connectivity index (χ3n) is 5.25. The maximum absolute atomic E-state index is 5.85. The van der Waals surface area contributed by atoms with E-state index < -0.39 is 0 Å². The van der Waals surface area contributed by atoms with Crippen molar-refractivity contribution in [3.63, 3.8) is 0 Å². The smallest absolute Gasteiger partial charge is 0.193 e. The standard InChI is InChI=1S/C19H38N4O.HI/c1-5-20-19(21-11-9-18(16(3)4)24-6-2)23-14-10-17(15-23)22-12-7-8-13-22;/h16-18H,5-15H2,1-4H3,(H,20,21);1H. The fraction of sp³-hybridized carbons (Fsp3) is 0.947. The van der Waals surface area contributed by atoms with Gasteiger partial charge in [-0.2, -0.15) is 0 Å². The monoisotopic (exact) mass is 466 g/mol. The minimum Gasteiger partial charge on any atom is -0.378 e. The van der Waals surface area contributed by atoms with Crippen LogP contribution in [-0.2, 0) is 4.74 Å². The van der Waals surface area contributed by atoms with Crippen molar-refractivity contribution in [2.75, 3.05) is 45.9 Å². The molecule has 5 nitrogen and oxygen atoms in total. The topological polar surface area (TPSA) is 40.1 Å². The molecule has 0 aromatic carbocycles. The molecule has 2 unspecified atom stereocenters. The SMILES string of the molecule is CCNC(=NCCC(OCC)C(C)C)N1CCC(N2CCCC2)C1.I. The van der Waals surface area contributed by atoms with Gasteiger partial charge in [-0.15, -0.1) is 24.0 Å². The van der Waals surface area contributed by atoms with Gasteiger partial charge >= 0.3 is 0 Å². The van der Waals surface area contributed by atoms with Crippen molar-refractivity contribution in [3.05, 3.63) is 0 Å². The number of hydrogen-bond acceptors (Lipinski definition) is 3. The number of nitrogens with one attached hydrogen (secondary N) is 1. The van der Waals surface area contributed by atoms with E-state index in [1.54, 1.807) is 0 Å². The Kier molecular flexibility index (Phi) is 11.3.